The van der Waals surface area contributed by atoms with Crippen molar-refractivity contribution < 1.29 is 19.1 Å². The number of primary amides is 1. The second-order valence-electron chi connectivity index (χ2n) is 2.10. The third kappa shape index (κ3) is 6.85. The minimum Gasteiger partial charge on any atom is -0.466 e. The van der Waals surface area contributed by atoms with Gasteiger partial charge in [-0.25, -0.2) is 4.79 Å². The Balaban J connectivity index is 3.11. The molecular formula is C7H13NO4. The Hall–Kier alpha value is -1.26. The van der Waals surface area contributed by atoms with Crippen molar-refractivity contribution in [3.63, 3.8) is 0 Å². The maximum atomic E-state index is 10.6. The standard InChI is InChI=1S/C7H13NO4/c1-2-6(9)11-4-3-5-12-7(8)10/h2-5H2,1H3,(H2,8,10). The molecule has 0 saturated carbocycles. The van der Waals surface area contributed by atoms with Crippen LogP contribution < -0.4 is 5.73 Å². The van der Waals surface area contributed by atoms with E-state index < -0.39 is 6.09 Å². The van der Waals surface area contributed by atoms with Gasteiger partial charge in [0.05, 0.1) is 13.2 Å². The summed E-state index contributed by atoms with van der Waals surface area (Å²) in [5.41, 5.74) is 4.69. The fraction of sp³-hybridized carbons (Fsp3) is 0.714. The van der Waals surface area contributed by atoms with E-state index in [0.29, 0.717) is 12.8 Å². The van der Waals surface area contributed by atoms with E-state index in [1.165, 1.54) is 0 Å². The Morgan fingerprint density at radius 2 is 1.83 bits per heavy atom. The van der Waals surface area contributed by atoms with Gasteiger partial charge >= 0.3 is 12.1 Å². The molecule has 0 bridgehead atoms. The Bertz CT molecular complexity index is 157. The van der Waals surface area contributed by atoms with E-state index in [1.54, 1.807) is 6.92 Å². The Kier molecular flexibility index (Phi) is 5.77. The summed E-state index contributed by atoms with van der Waals surface area (Å²) < 4.78 is 9.11. The van der Waals surface area contributed by atoms with Gasteiger partial charge in [0.25, 0.3) is 0 Å². The van der Waals surface area contributed by atoms with Crippen LogP contribution >= 0.6 is 0 Å². The number of amides is 1. The first-order valence-electron chi connectivity index (χ1n) is 3.74. The smallest absolute Gasteiger partial charge is 0.404 e. The van der Waals surface area contributed by atoms with Gasteiger partial charge in [-0.1, -0.05) is 6.92 Å². The molecule has 0 heterocycles. The zero-order valence-corrected chi connectivity index (χ0v) is 7.04. The number of rotatable bonds is 5. The van der Waals surface area contributed by atoms with Gasteiger partial charge in [-0.3, -0.25) is 4.79 Å². The molecule has 0 saturated heterocycles. The molecule has 0 aliphatic heterocycles. The summed E-state index contributed by atoms with van der Waals surface area (Å²) in [6.45, 7) is 2.16. The van der Waals surface area contributed by atoms with Gasteiger partial charge in [-0.2, -0.15) is 0 Å². The molecule has 0 rings (SSSR count). The number of nitrogens with two attached hydrogens (primary N) is 1. The number of hydrogen-bond acceptors (Lipinski definition) is 4. The predicted molar refractivity (Wildman–Crippen MR) is 41.4 cm³/mol. The number of ether oxygens (including phenoxy) is 2. The van der Waals surface area contributed by atoms with Crippen LogP contribution in [0.5, 0.6) is 0 Å². The van der Waals surface area contributed by atoms with Gasteiger partial charge < -0.3 is 15.2 Å². The van der Waals surface area contributed by atoms with Crippen molar-refractivity contribution in [2.75, 3.05) is 13.2 Å². The Morgan fingerprint density at radius 1 is 1.25 bits per heavy atom. The largest absolute Gasteiger partial charge is 0.466 e. The van der Waals surface area contributed by atoms with E-state index in [0.717, 1.165) is 0 Å². The summed E-state index contributed by atoms with van der Waals surface area (Å²) in [4.78, 5) is 20.6. The molecule has 0 aliphatic rings. The molecule has 0 atom stereocenters. The molecule has 70 valence electrons. The lowest BCUT2D eigenvalue weighted by Crippen LogP contribution is -2.15. The summed E-state index contributed by atoms with van der Waals surface area (Å²) in [6.07, 6.45) is 0.0301. The van der Waals surface area contributed by atoms with Crippen molar-refractivity contribution in [2.24, 2.45) is 5.73 Å². The number of carbonyl (C=O) groups is 2. The summed E-state index contributed by atoms with van der Waals surface area (Å²) in [5, 5.41) is 0. The highest BCUT2D eigenvalue weighted by Crippen LogP contribution is 1.88. The van der Waals surface area contributed by atoms with Gasteiger partial charge in [-0.15, -0.1) is 0 Å². The molecule has 0 unspecified atom stereocenters. The highest BCUT2D eigenvalue weighted by Gasteiger charge is 1.98. The predicted octanol–water partition coefficient (Wildman–Crippen LogP) is 0.425. The average Bonchev–Trinajstić information content (AvgIpc) is 2.03. The molecule has 0 spiro atoms. The molecule has 2 N–H and O–H groups in total. The molecule has 0 aromatic heterocycles. The summed E-state index contributed by atoms with van der Waals surface area (Å²) in [6, 6.07) is 0. The molecule has 0 fully saturated rings. The highest BCUT2D eigenvalue weighted by atomic mass is 16.6. The van der Waals surface area contributed by atoms with E-state index in [2.05, 4.69) is 4.74 Å². The van der Waals surface area contributed by atoms with Crippen molar-refractivity contribution >= 4 is 12.1 Å². The minimum atomic E-state index is -0.809. The van der Waals surface area contributed by atoms with E-state index in [9.17, 15) is 9.59 Å². The van der Waals surface area contributed by atoms with E-state index in [-0.39, 0.29) is 19.2 Å². The first-order valence-corrected chi connectivity index (χ1v) is 3.74. The van der Waals surface area contributed by atoms with E-state index in [4.69, 9.17) is 10.5 Å². The lowest BCUT2D eigenvalue weighted by molar-refractivity contribution is -0.143. The number of carbonyl (C=O) groups excluding carboxylic acids is 2. The van der Waals surface area contributed by atoms with Crippen LogP contribution in [0.25, 0.3) is 0 Å². The molecule has 12 heavy (non-hydrogen) atoms. The third-order valence-electron chi connectivity index (χ3n) is 1.08. The Labute approximate surface area is 70.8 Å². The second-order valence-corrected chi connectivity index (χ2v) is 2.10. The normalized spacial score (nSPS) is 9.08. The summed E-state index contributed by atoms with van der Waals surface area (Å²) in [5.74, 6) is -0.255. The zero-order chi connectivity index (χ0) is 9.40. The maximum Gasteiger partial charge on any atom is 0.404 e. The van der Waals surface area contributed by atoms with Crippen LogP contribution in [0, 0.1) is 0 Å². The van der Waals surface area contributed by atoms with E-state index in [1.807, 2.05) is 0 Å². The van der Waals surface area contributed by atoms with Crippen LogP contribution in [-0.2, 0) is 14.3 Å². The van der Waals surface area contributed by atoms with Crippen LogP contribution in [0.4, 0.5) is 4.79 Å². The first-order chi connectivity index (χ1) is 5.66. The maximum absolute atomic E-state index is 10.6. The highest BCUT2D eigenvalue weighted by molar-refractivity contribution is 5.68. The topological polar surface area (TPSA) is 78.6 Å². The minimum absolute atomic E-state index is 0.187. The van der Waals surface area contributed by atoms with E-state index >= 15 is 0 Å². The van der Waals surface area contributed by atoms with Crippen molar-refractivity contribution in [3.05, 3.63) is 0 Å². The van der Waals surface area contributed by atoms with Crippen molar-refractivity contribution in [3.8, 4) is 0 Å². The SMILES string of the molecule is CCC(=O)OCCCOC(N)=O. The van der Waals surface area contributed by atoms with Gasteiger partial charge in [0.1, 0.15) is 0 Å². The summed E-state index contributed by atoms with van der Waals surface area (Å²) >= 11 is 0. The molecule has 0 aromatic carbocycles. The van der Waals surface area contributed by atoms with Gasteiger partial charge in [-0.05, 0) is 0 Å². The van der Waals surface area contributed by atoms with Crippen LogP contribution in [-0.4, -0.2) is 25.3 Å². The van der Waals surface area contributed by atoms with Crippen LogP contribution in [0.15, 0.2) is 0 Å². The molecule has 1 amide bonds. The van der Waals surface area contributed by atoms with Crippen molar-refractivity contribution in [2.45, 2.75) is 19.8 Å². The first kappa shape index (κ1) is 10.7. The number of hydrogen-bond donors (Lipinski definition) is 1. The van der Waals surface area contributed by atoms with Crippen LogP contribution in [0.1, 0.15) is 19.8 Å². The molecule has 5 heteroatoms. The lowest BCUT2D eigenvalue weighted by atomic mass is 10.5. The zero-order valence-electron chi connectivity index (χ0n) is 7.04. The molecule has 0 radical (unpaired) electrons. The second kappa shape index (κ2) is 6.45. The molecule has 0 aliphatic carbocycles. The van der Waals surface area contributed by atoms with Crippen molar-refractivity contribution in [1.29, 1.82) is 0 Å². The van der Waals surface area contributed by atoms with Crippen LogP contribution in [0.3, 0.4) is 0 Å². The fourth-order valence-corrected chi connectivity index (χ4v) is 0.520. The van der Waals surface area contributed by atoms with Gasteiger partial charge in [0, 0.05) is 12.8 Å². The molecule has 0 aromatic rings. The van der Waals surface area contributed by atoms with Crippen molar-refractivity contribution in [1.82, 2.24) is 0 Å². The Morgan fingerprint density at radius 3 is 2.33 bits per heavy atom. The van der Waals surface area contributed by atoms with Gasteiger partial charge in [0.15, 0.2) is 0 Å². The lowest BCUT2D eigenvalue weighted by Gasteiger charge is -2.02. The quantitative estimate of drug-likeness (QED) is 0.485. The van der Waals surface area contributed by atoms with Crippen LogP contribution in [0.2, 0.25) is 0 Å². The fourth-order valence-electron chi connectivity index (χ4n) is 0.520. The monoisotopic (exact) mass is 175 g/mol. The third-order valence-corrected chi connectivity index (χ3v) is 1.08. The summed E-state index contributed by atoms with van der Waals surface area (Å²) in [7, 11) is 0. The average molecular weight is 175 g/mol. The molecular weight excluding hydrogens is 162 g/mol. The van der Waals surface area contributed by atoms with Gasteiger partial charge in [0.2, 0.25) is 0 Å². The number of esters is 1. The molecule has 5 nitrogen and oxygen atoms in total.